The van der Waals surface area contributed by atoms with Gasteiger partial charge < -0.3 is 15.0 Å². The largest absolute Gasteiger partial charge is 0.454 e. The summed E-state index contributed by atoms with van der Waals surface area (Å²) in [5.41, 5.74) is 0.255. The lowest BCUT2D eigenvalue weighted by atomic mass is 10.2. The number of aliphatic imine (C=N–C) groups is 1. The molecule has 0 unspecified atom stereocenters. The van der Waals surface area contributed by atoms with Gasteiger partial charge in [-0.1, -0.05) is 12.5 Å². The normalized spacial score (nSPS) is 24.7. The van der Waals surface area contributed by atoms with E-state index in [0.29, 0.717) is 37.4 Å². The van der Waals surface area contributed by atoms with Crippen molar-refractivity contribution in [1.29, 1.82) is 0 Å². The van der Waals surface area contributed by atoms with E-state index in [1.165, 1.54) is 18.2 Å². The predicted molar refractivity (Wildman–Crippen MR) is 128 cm³/mol. The van der Waals surface area contributed by atoms with Crippen LogP contribution in [0.15, 0.2) is 34.2 Å². The number of amides is 2. The molecular weight excluding hydrogens is 480 g/mol. The van der Waals surface area contributed by atoms with Crippen molar-refractivity contribution in [2.24, 2.45) is 4.99 Å². The van der Waals surface area contributed by atoms with Gasteiger partial charge >= 0.3 is 5.97 Å². The second kappa shape index (κ2) is 9.95. The van der Waals surface area contributed by atoms with Gasteiger partial charge in [-0.15, -0.1) is 11.8 Å². The highest BCUT2D eigenvalue weighted by atomic mass is 32.2. The molecule has 2 N–H and O–H groups in total. The minimum absolute atomic E-state index is 0.0101. The van der Waals surface area contributed by atoms with Gasteiger partial charge in [0.25, 0.3) is 15.9 Å². The molecule has 3 heterocycles. The number of benzene rings is 1. The number of sulfonamides is 1. The number of ether oxygens (including phenoxy) is 1. The predicted octanol–water partition coefficient (Wildman–Crippen LogP) is 1.87. The summed E-state index contributed by atoms with van der Waals surface area (Å²) in [6.45, 7) is 1.99. The van der Waals surface area contributed by atoms with Crippen LogP contribution in [0.3, 0.4) is 0 Å². The molecule has 0 bridgehead atoms. The second-order valence-electron chi connectivity index (χ2n) is 8.69. The zero-order valence-corrected chi connectivity index (χ0v) is 20.5. The first kappa shape index (κ1) is 24.5. The quantitative estimate of drug-likeness (QED) is 0.560. The molecule has 3 aliphatic rings. The Kier molecular flexibility index (Phi) is 7.17. The van der Waals surface area contributed by atoms with Crippen molar-refractivity contribution in [2.75, 3.05) is 24.2 Å². The van der Waals surface area contributed by atoms with Crippen molar-refractivity contribution in [3.63, 3.8) is 0 Å². The van der Waals surface area contributed by atoms with Crippen LogP contribution in [0.5, 0.6) is 0 Å². The number of rotatable bonds is 6. The number of hydrogen-bond donors (Lipinski definition) is 2. The molecule has 0 aliphatic carbocycles. The van der Waals surface area contributed by atoms with E-state index in [1.54, 1.807) is 22.7 Å². The van der Waals surface area contributed by atoms with E-state index in [1.807, 2.05) is 6.92 Å². The summed E-state index contributed by atoms with van der Waals surface area (Å²) in [5.74, 6) is -0.436. The van der Waals surface area contributed by atoms with E-state index in [0.717, 1.165) is 19.3 Å². The van der Waals surface area contributed by atoms with Gasteiger partial charge in [0.05, 0.1) is 9.77 Å². The maximum absolute atomic E-state index is 12.7. The van der Waals surface area contributed by atoms with Gasteiger partial charge in [0.2, 0.25) is 5.91 Å². The second-order valence-corrected chi connectivity index (χ2v) is 11.9. The average molecular weight is 509 g/mol. The number of amidine groups is 1. The molecule has 10 nitrogen and oxygen atoms in total. The molecule has 12 heteroatoms. The van der Waals surface area contributed by atoms with Crippen LogP contribution in [0.25, 0.3) is 0 Å². The van der Waals surface area contributed by atoms with Crippen LogP contribution in [-0.4, -0.2) is 66.8 Å². The molecule has 0 aromatic heterocycles. The van der Waals surface area contributed by atoms with Crippen LogP contribution < -0.4 is 10.0 Å². The highest BCUT2D eigenvalue weighted by Crippen LogP contribution is 2.47. The topological polar surface area (TPSA) is 134 Å². The Morgan fingerprint density at radius 3 is 2.91 bits per heavy atom. The zero-order chi connectivity index (χ0) is 24.3. The number of nitrogens with zero attached hydrogens (tertiary/aromatic N) is 2. The van der Waals surface area contributed by atoms with Crippen LogP contribution in [-0.2, 0) is 29.1 Å². The van der Waals surface area contributed by atoms with Crippen LogP contribution in [0, 0.1) is 0 Å². The molecule has 0 radical (unpaired) electrons. The van der Waals surface area contributed by atoms with E-state index in [4.69, 9.17) is 4.74 Å². The van der Waals surface area contributed by atoms with E-state index in [9.17, 15) is 22.8 Å². The first-order valence-electron chi connectivity index (χ1n) is 11.3. The standard InChI is InChI=1S/C22H28N4O6S2/c1-22-10-9-20(28)26(22)17(14-33-22)21(29)32-13-19(27)24-15-6-5-7-16(12-15)34(30,31)25-18-8-3-2-4-11-23-18/h5-7,12,17H,2-4,8-11,13-14H2,1H3,(H,23,25)(H,24,27)/t17-,22-/m0/s1. The maximum Gasteiger partial charge on any atom is 0.330 e. The Morgan fingerprint density at radius 2 is 2.09 bits per heavy atom. The summed E-state index contributed by atoms with van der Waals surface area (Å²) in [6.07, 6.45) is 4.47. The number of esters is 1. The molecule has 0 saturated carbocycles. The van der Waals surface area contributed by atoms with E-state index < -0.39 is 39.4 Å². The van der Waals surface area contributed by atoms with Gasteiger partial charge in [0, 0.05) is 30.8 Å². The Morgan fingerprint density at radius 1 is 1.26 bits per heavy atom. The highest BCUT2D eigenvalue weighted by Gasteiger charge is 2.53. The smallest absolute Gasteiger partial charge is 0.330 e. The number of carbonyl (C=O) groups excluding carboxylic acids is 3. The van der Waals surface area contributed by atoms with Gasteiger partial charge in [0.1, 0.15) is 11.9 Å². The zero-order valence-electron chi connectivity index (χ0n) is 18.9. The summed E-state index contributed by atoms with van der Waals surface area (Å²) < 4.78 is 33.2. The first-order valence-corrected chi connectivity index (χ1v) is 13.7. The molecule has 1 aromatic carbocycles. The van der Waals surface area contributed by atoms with Gasteiger partial charge in [-0.25, -0.2) is 13.2 Å². The molecule has 4 rings (SSSR count). The third kappa shape index (κ3) is 5.38. The van der Waals surface area contributed by atoms with Gasteiger partial charge in [-0.2, -0.15) is 0 Å². The Bertz CT molecular complexity index is 1120. The van der Waals surface area contributed by atoms with Crippen LogP contribution >= 0.6 is 11.8 Å². The van der Waals surface area contributed by atoms with Crippen LogP contribution in [0.1, 0.15) is 45.4 Å². The molecule has 0 spiro atoms. The fraction of sp³-hybridized carbons (Fsp3) is 0.545. The lowest BCUT2D eigenvalue weighted by Gasteiger charge is -2.29. The van der Waals surface area contributed by atoms with Gasteiger partial charge in [0.15, 0.2) is 6.61 Å². The van der Waals surface area contributed by atoms with Gasteiger partial charge in [-0.3, -0.25) is 19.3 Å². The number of hydrogen-bond acceptors (Lipinski definition) is 8. The average Bonchev–Trinajstić information content (AvgIpc) is 3.15. The van der Waals surface area contributed by atoms with Crippen molar-refractivity contribution in [1.82, 2.24) is 9.62 Å². The summed E-state index contributed by atoms with van der Waals surface area (Å²) in [4.78, 5) is 42.5. The van der Waals surface area contributed by atoms with Crippen molar-refractivity contribution >= 4 is 51.1 Å². The SMILES string of the molecule is C[C@]12CCC(=O)N1[C@H](C(=O)OCC(=O)Nc1cccc(S(=O)(=O)NC3=NCCCCC3)c1)CS2. The number of nitrogens with one attached hydrogen (secondary N) is 2. The monoisotopic (exact) mass is 508 g/mol. The Balaban J connectivity index is 1.33. The molecule has 184 valence electrons. The van der Waals surface area contributed by atoms with E-state index >= 15 is 0 Å². The molecule has 2 saturated heterocycles. The van der Waals surface area contributed by atoms with Crippen LogP contribution in [0.2, 0.25) is 0 Å². The van der Waals surface area contributed by atoms with Crippen molar-refractivity contribution in [2.45, 2.75) is 61.3 Å². The molecule has 1 aromatic rings. The molecule has 2 fully saturated rings. The van der Waals surface area contributed by atoms with Crippen molar-refractivity contribution in [3.8, 4) is 0 Å². The first-order chi connectivity index (χ1) is 16.2. The Hall–Kier alpha value is -2.60. The maximum atomic E-state index is 12.7. The molecule has 2 atom stereocenters. The van der Waals surface area contributed by atoms with Crippen molar-refractivity contribution < 1.29 is 27.5 Å². The lowest BCUT2D eigenvalue weighted by molar-refractivity contribution is -0.155. The summed E-state index contributed by atoms with van der Waals surface area (Å²) >= 11 is 1.54. The summed E-state index contributed by atoms with van der Waals surface area (Å²) in [6, 6.07) is 5.12. The third-order valence-electron chi connectivity index (χ3n) is 6.12. The highest BCUT2D eigenvalue weighted by molar-refractivity contribution is 8.01. The summed E-state index contributed by atoms with van der Waals surface area (Å²) in [7, 11) is -3.85. The molecular formula is C22H28N4O6S2. The summed E-state index contributed by atoms with van der Waals surface area (Å²) in [5, 5.41) is 2.55. The fourth-order valence-corrected chi connectivity index (χ4v) is 6.89. The number of fused-ring (bicyclic) bond motifs is 1. The fourth-order valence-electron chi connectivity index (χ4n) is 4.34. The minimum atomic E-state index is -3.85. The molecule has 3 aliphatic heterocycles. The van der Waals surface area contributed by atoms with E-state index in [-0.39, 0.29) is 16.5 Å². The number of anilines is 1. The van der Waals surface area contributed by atoms with Crippen molar-refractivity contribution in [3.05, 3.63) is 24.3 Å². The minimum Gasteiger partial charge on any atom is -0.454 e. The van der Waals surface area contributed by atoms with Gasteiger partial charge in [-0.05, 0) is 44.4 Å². The number of carbonyl (C=O) groups is 3. The molecule has 34 heavy (non-hydrogen) atoms. The third-order valence-corrected chi connectivity index (χ3v) is 9.00. The van der Waals surface area contributed by atoms with Crippen LogP contribution in [0.4, 0.5) is 5.69 Å². The van der Waals surface area contributed by atoms with E-state index in [2.05, 4.69) is 15.0 Å². The lowest BCUT2D eigenvalue weighted by Crippen LogP contribution is -2.47. The number of thioether (sulfide) groups is 1. The molecule has 2 amide bonds. The Labute approximate surface area is 202 Å².